The van der Waals surface area contributed by atoms with Crippen molar-refractivity contribution in [2.24, 2.45) is 16.7 Å². The van der Waals surface area contributed by atoms with Gasteiger partial charge >= 0.3 is 0 Å². The molecule has 3 aliphatic rings. The van der Waals surface area contributed by atoms with Gasteiger partial charge in [-0.3, -0.25) is 4.79 Å². The third-order valence-corrected chi connectivity index (χ3v) is 8.67. The Kier molecular flexibility index (Phi) is 8.12. The monoisotopic (exact) mass is 499 g/mol. The number of nitrogens with one attached hydrogen (secondary N) is 1. The minimum Gasteiger partial charge on any atom is -0.387 e. The van der Waals surface area contributed by atoms with E-state index in [2.05, 4.69) is 50.9 Å². The highest BCUT2D eigenvalue weighted by molar-refractivity contribution is 7.11. The van der Waals surface area contributed by atoms with Crippen LogP contribution in [-0.4, -0.2) is 42.5 Å². The summed E-state index contributed by atoms with van der Waals surface area (Å²) in [6.07, 6.45) is 8.86. The fourth-order valence-electron chi connectivity index (χ4n) is 5.48. The van der Waals surface area contributed by atoms with Crippen LogP contribution in [0.15, 0.2) is 23.1 Å². The van der Waals surface area contributed by atoms with Crippen LogP contribution in [-0.2, 0) is 14.3 Å². The van der Waals surface area contributed by atoms with Gasteiger partial charge in [-0.1, -0.05) is 23.5 Å². The molecule has 35 heavy (non-hydrogen) atoms. The molecule has 2 heterocycles. The van der Waals surface area contributed by atoms with Crippen LogP contribution >= 0.6 is 11.3 Å². The van der Waals surface area contributed by atoms with Gasteiger partial charge in [-0.25, -0.2) is 0 Å². The normalized spacial score (nSPS) is 31.4. The lowest BCUT2D eigenvalue weighted by Crippen LogP contribution is -2.48. The zero-order valence-electron chi connectivity index (χ0n) is 21.7. The number of carbonyl (C=O) groups excluding carboxylic acids is 1. The Bertz CT molecular complexity index is 980. The van der Waals surface area contributed by atoms with Crippen molar-refractivity contribution < 1.29 is 19.4 Å². The second kappa shape index (κ2) is 10.8. The number of thiophene rings is 1. The minimum atomic E-state index is -0.800. The Morgan fingerprint density at radius 1 is 1.29 bits per heavy atom. The van der Waals surface area contributed by atoms with Crippen molar-refractivity contribution in [3.05, 3.63) is 28.0 Å². The van der Waals surface area contributed by atoms with Gasteiger partial charge < -0.3 is 19.9 Å². The van der Waals surface area contributed by atoms with Crippen LogP contribution in [0.5, 0.6) is 0 Å². The summed E-state index contributed by atoms with van der Waals surface area (Å²) in [5.74, 6) is 6.87. The standard InChI is InChI=1S/C29H41NO4S/c1-21-5-14-29(15-6-21,26(31)30-23-17-25(35-19-23)9-11-27(2,3)4)22-7-12-28(32,13-8-22)20-34-24-10-16-33-18-24/h5,17,19,22,24,32H,6-8,10,12-16,18,20H2,1-4H3,(H,30,31)/t22?,24-,28?,29-/m0/s1. The highest BCUT2D eigenvalue weighted by Crippen LogP contribution is 2.50. The van der Waals surface area contributed by atoms with E-state index in [0.29, 0.717) is 26.1 Å². The Labute approximate surface area is 214 Å². The highest BCUT2D eigenvalue weighted by Gasteiger charge is 2.49. The maximum absolute atomic E-state index is 13.8. The van der Waals surface area contributed by atoms with Gasteiger partial charge in [0, 0.05) is 17.4 Å². The SMILES string of the molecule is CC1=CC[C@@](C(=O)Nc2csc(C#CC(C)(C)C)c2)(C2CCC(O)(CO[C@H]3CCOC3)CC2)CC1. The van der Waals surface area contributed by atoms with Crippen LogP contribution in [0.4, 0.5) is 5.69 Å². The lowest BCUT2D eigenvalue weighted by Gasteiger charge is -2.46. The smallest absolute Gasteiger partial charge is 0.231 e. The summed E-state index contributed by atoms with van der Waals surface area (Å²) < 4.78 is 11.4. The highest BCUT2D eigenvalue weighted by atomic mass is 32.1. The van der Waals surface area contributed by atoms with Crippen LogP contribution in [0.2, 0.25) is 0 Å². The predicted molar refractivity (Wildman–Crippen MR) is 141 cm³/mol. The first-order valence-corrected chi connectivity index (χ1v) is 14.0. The van der Waals surface area contributed by atoms with E-state index in [9.17, 15) is 9.90 Å². The fraction of sp³-hybridized carbons (Fsp3) is 0.690. The first kappa shape index (κ1) is 26.4. The number of rotatable bonds is 6. The first-order valence-electron chi connectivity index (χ1n) is 13.1. The largest absolute Gasteiger partial charge is 0.387 e. The summed E-state index contributed by atoms with van der Waals surface area (Å²) in [6, 6.07) is 1.99. The lowest BCUT2D eigenvalue weighted by molar-refractivity contribution is -0.136. The first-order chi connectivity index (χ1) is 16.6. The molecular formula is C29H41NO4S. The fourth-order valence-corrected chi connectivity index (χ4v) is 6.17. The van der Waals surface area contributed by atoms with E-state index in [1.165, 1.54) is 5.57 Å². The van der Waals surface area contributed by atoms with Crippen molar-refractivity contribution in [3.8, 4) is 11.8 Å². The van der Waals surface area contributed by atoms with Crippen LogP contribution in [0.25, 0.3) is 0 Å². The van der Waals surface area contributed by atoms with Crippen LogP contribution < -0.4 is 5.32 Å². The van der Waals surface area contributed by atoms with Gasteiger partial charge in [0.15, 0.2) is 0 Å². The molecule has 192 valence electrons. The molecule has 0 aromatic carbocycles. The molecule has 1 saturated carbocycles. The molecule has 6 heteroatoms. The summed E-state index contributed by atoms with van der Waals surface area (Å²) in [7, 11) is 0. The zero-order valence-corrected chi connectivity index (χ0v) is 22.6. The van der Waals surface area contributed by atoms with Crippen LogP contribution in [0.1, 0.15) is 83.9 Å². The summed E-state index contributed by atoms with van der Waals surface area (Å²) in [6.45, 7) is 10.2. The van der Waals surface area contributed by atoms with Gasteiger partial charge in [-0.2, -0.15) is 0 Å². The molecule has 1 aromatic rings. The predicted octanol–water partition coefficient (Wildman–Crippen LogP) is 5.93. The summed E-state index contributed by atoms with van der Waals surface area (Å²) in [5.41, 5.74) is 0.917. The lowest BCUT2D eigenvalue weighted by atomic mass is 9.60. The second-order valence-electron chi connectivity index (χ2n) is 11.9. The molecule has 2 aliphatic carbocycles. The molecule has 1 amide bonds. The van der Waals surface area contributed by atoms with Gasteiger partial charge in [-0.05, 0) is 91.0 Å². The van der Waals surface area contributed by atoms with E-state index >= 15 is 0 Å². The summed E-state index contributed by atoms with van der Waals surface area (Å²) in [5, 5.41) is 16.4. The zero-order chi connectivity index (χ0) is 25.1. The van der Waals surface area contributed by atoms with Crippen LogP contribution in [0, 0.1) is 28.6 Å². The van der Waals surface area contributed by atoms with Crippen molar-refractivity contribution in [1.82, 2.24) is 0 Å². The molecule has 1 saturated heterocycles. The molecule has 1 aliphatic heterocycles. The molecule has 0 radical (unpaired) electrons. The maximum atomic E-state index is 13.8. The number of ether oxygens (including phenoxy) is 2. The molecule has 4 rings (SSSR count). The number of carbonyl (C=O) groups is 1. The molecule has 2 fully saturated rings. The summed E-state index contributed by atoms with van der Waals surface area (Å²) >= 11 is 1.57. The third kappa shape index (κ3) is 6.77. The number of aliphatic hydroxyl groups is 1. The quantitative estimate of drug-likeness (QED) is 0.376. The van der Waals surface area contributed by atoms with E-state index in [0.717, 1.165) is 55.7 Å². The molecule has 0 unspecified atom stereocenters. The average Bonchev–Trinajstić information content (AvgIpc) is 3.49. The summed E-state index contributed by atoms with van der Waals surface area (Å²) in [4.78, 5) is 14.8. The third-order valence-electron chi connectivity index (χ3n) is 7.82. The molecular weight excluding hydrogens is 458 g/mol. The minimum absolute atomic E-state index is 0.0530. The van der Waals surface area contributed by atoms with Gasteiger partial charge in [-0.15, -0.1) is 11.3 Å². The van der Waals surface area contributed by atoms with E-state index in [1.54, 1.807) is 11.3 Å². The van der Waals surface area contributed by atoms with Gasteiger partial charge in [0.25, 0.3) is 0 Å². The maximum Gasteiger partial charge on any atom is 0.231 e. The Morgan fingerprint density at radius 3 is 2.69 bits per heavy atom. The van der Waals surface area contributed by atoms with Gasteiger partial charge in [0.05, 0.1) is 40.9 Å². The number of anilines is 1. The van der Waals surface area contributed by atoms with Crippen molar-refractivity contribution in [3.63, 3.8) is 0 Å². The molecule has 0 bridgehead atoms. The van der Waals surface area contributed by atoms with Crippen LogP contribution in [0.3, 0.4) is 0 Å². The van der Waals surface area contributed by atoms with Gasteiger partial charge in [0.1, 0.15) is 0 Å². The second-order valence-corrected chi connectivity index (χ2v) is 12.8. The van der Waals surface area contributed by atoms with Crippen molar-refractivity contribution in [2.75, 3.05) is 25.1 Å². The van der Waals surface area contributed by atoms with Gasteiger partial charge in [0.2, 0.25) is 5.91 Å². The Balaban J connectivity index is 1.42. The molecule has 2 atom stereocenters. The average molecular weight is 500 g/mol. The number of hydrogen-bond acceptors (Lipinski definition) is 5. The molecule has 2 N–H and O–H groups in total. The number of amides is 1. The molecule has 0 spiro atoms. The topological polar surface area (TPSA) is 67.8 Å². The van der Waals surface area contributed by atoms with Crippen molar-refractivity contribution in [2.45, 2.75) is 90.8 Å². The van der Waals surface area contributed by atoms with E-state index in [4.69, 9.17) is 9.47 Å². The van der Waals surface area contributed by atoms with E-state index in [-0.39, 0.29) is 23.3 Å². The Morgan fingerprint density at radius 2 is 2.06 bits per heavy atom. The van der Waals surface area contributed by atoms with E-state index in [1.807, 2.05) is 11.4 Å². The number of allylic oxidation sites excluding steroid dienone is 2. The molecule has 5 nitrogen and oxygen atoms in total. The molecule has 1 aromatic heterocycles. The van der Waals surface area contributed by atoms with Crippen molar-refractivity contribution in [1.29, 1.82) is 0 Å². The van der Waals surface area contributed by atoms with Crippen molar-refractivity contribution >= 4 is 22.9 Å². The Hall–Kier alpha value is -1.65. The van der Waals surface area contributed by atoms with E-state index < -0.39 is 11.0 Å². The number of hydrogen-bond donors (Lipinski definition) is 2.